The first-order valence-corrected chi connectivity index (χ1v) is 6.19. The standard InChI is InChI=1S/C12H14OS/c1-14-12-6-5-10-7-11(13)4-2-3-9(10)8-12/h5-6,8H,2-4,7H2,1H3. The molecule has 0 heterocycles. The number of benzene rings is 1. The van der Waals surface area contributed by atoms with Crippen molar-refractivity contribution in [3.05, 3.63) is 29.3 Å². The second-order valence-corrected chi connectivity index (χ2v) is 4.58. The number of aryl methyl sites for hydroxylation is 1. The Labute approximate surface area is 88.9 Å². The van der Waals surface area contributed by atoms with E-state index in [-0.39, 0.29) is 0 Å². The van der Waals surface area contributed by atoms with Crippen LogP contribution in [0.5, 0.6) is 0 Å². The van der Waals surface area contributed by atoms with Crippen LogP contribution >= 0.6 is 11.8 Å². The van der Waals surface area contributed by atoms with Crippen molar-refractivity contribution in [1.82, 2.24) is 0 Å². The molecule has 74 valence electrons. The molecule has 0 atom stereocenters. The minimum Gasteiger partial charge on any atom is -0.299 e. The number of hydrogen-bond acceptors (Lipinski definition) is 2. The normalized spacial score (nSPS) is 16.2. The summed E-state index contributed by atoms with van der Waals surface area (Å²) in [5.74, 6) is 0.389. The molecule has 0 fully saturated rings. The molecule has 1 aromatic carbocycles. The van der Waals surface area contributed by atoms with Gasteiger partial charge in [-0.1, -0.05) is 6.07 Å². The van der Waals surface area contributed by atoms with Gasteiger partial charge in [0.2, 0.25) is 0 Å². The maximum atomic E-state index is 11.4. The lowest BCUT2D eigenvalue weighted by molar-refractivity contribution is -0.118. The molecular weight excluding hydrogens is 192 g/mol. The first-order chi connectivity index (χ1) is 6.79. The van der Waals surface area contributed by atoms with Crippen molar-refractivity contribution in [3.63, 3.8) is 0 Å². The highest BCUT2D eigenvalue weighted by Crippen LogP contribution is 2.24. The number of carbonyl (C=O) groups is 1. The highest BCUT2D eigenvalue weighted by Gasteiger charge is 2.13. The lowest BCUT2D eigenvalue weighted by Gasteiger charge is -2.06. The van der Waals surface area contributed by atoms with Gasteiger partial charge in [0, 0.05) is 17.7 Å². The van der Waals surface area contributed by atoms with Crippen molar-refractivity contribution in [2.24, 2.45) is 0 Å². The molecule has 0 saturated heterocycles. The fraction of sp³-hybridized carbons (Fsp3) is 0.417. The molecule has 1 aliphatic carbocycles. The van der Waals surface area contributed by atoms with Crippen LogP contribution in [0.15, 0.2) is 23.1 Å². The maximum absolute atomic E-state index is 11.4. The molecule has 2 rings (SSSR count). The van der Waals surface area contributed by atoms with E-state index in [0.29, 0.717) is 12.2 Å². The van der Waals surface area contributed by atoms with Gasteiger partial charge in [0.1, 0.15) is 5.78 Å². The molecule has 0 radical (unpaired) electrons. The van der Waals surface area contributed by atoms with Crippen molar-refractivity contribution < 1.29 is 4.79 Å². The Kier molecular flexibility index (Phi) is 2.92. The van der Waals surface area contributed by atoms with E-state index in [4.69, 9.17) is 0 Å². The van der Waals surface area contributed by atoms with E-state index in [9.17, 15) is 4.79 Å². The van der Waals surface area contributed by atoms with Gasteiger partial charge in [-0.05, 0) is 42.4 Å². The molecule has 2 heteroatoms. The lowest BCUT2D eigenvalue weighted by Crippen LogP contribution is -1.99. The Morgan fingerprint density at radius 3 is 2.86 bits per heavy atom. The van der Waals surface area contributed by atoms with Gasteiger partial charge in [0.25, 0.3) is 0 Å². The monoisotopic (exact) mass is 206 g/mol. The van der Waals surface area contributed by atoms with Crippen LogP contribution in [-0.2, 0) is 17.6 Å². The first kappa shape index (κ1) is 9.78. The number of rotatable bonds is 1. The first-order valence-electron chi connectivity index (χ1n) is 4.97. The Morgan fingerprint density at radius 1 is 1.21 bits per heavy atom. The van der Waals surface area contributed by atoms with Gasteiger partial charge < -0.3 is 0 Å². The molecule has 1 aromatic rings. The van der Waals surface area contributed by atoms with Gasteiger partial charge in [-0.25, -0.2) is 0 Å². The Morgan fingerprint density at radius 2 is 2.07 bits per heavy atom. The van der Waals surface area contributed by atoms with Crippen LogP contribution in [0.2, 0.25) is 0 Å². The SMILES string of the molecule is CSc1ccc2c(c1)CCCC(=O)C2. The minimum absolute atomic E-state index is 0.389. The summed E-state index contributed by atoms with van der Waals surface area (Å²) in [5, 5.41) is 0. The van der Waals surface area contributed by atoms with Gasteiger partial charge in [-0.2, -0.15) is 0 Å². The highest BCUT2D eigenvalue weighted by atomic mass is 32.2. The molecule has 1 aliphatic rings. The molecule has 14 heavy (non-hydrogen) atoms. The van der Waals surface area contributed by atoms with E-state index < -0.39 is 0 Å². The number of fused-ring (bicyclic) bond motifs is 1. The summed E-state index contributed by atoms with van der Waals surface area (Å²) in [7, 11) is 0. The van der Waals surface area contributed by atoms with Gasteiger partial charge in [-0.15, -0.1) is 11.8 Å². The molecule has 0 N–H and O–H groups in total. The summed E-state index contributed by atoms with van der Waals surface area (Å²) in [5.41, 5.74) is 2.62. The third-order valence-corrected chi connectivity index (χ3v) is 3.43. The summed E-state index contributed by atoms with van der Waals surface area (Å²) in [4.78, 5) is 12.7. The van der Waals surface area contributed by atoms with Crippen LogP contribution in [0, 0.1) is 0 Å². The van der Waals surface area contributed by atoms with Gasteiger partial charge in [0.05, 0.1) is 0 Å². The van der Waals surface area contributed by atoms with Crippen molar-refractivity contribution in [2.75, 3.05) is 6.26 Å². The molecule has 0 aromatic heterocycles. The van der Waals surface area contributed by atoms with E-state index in [1.165, 1.54) is 16.0 Å². The van der Waals surface area contributed by atoms with Gasteiger partial charge >= 0.3 is 0 Å². The predicted octanol–water partition coefficient (Wildman–Crippen LogP) is 2.86. The summed E-state index contributed by atoms with van der Waals surface area (Å²) in [6, 6.07) is 6.46. The van der Waals surface area contributed by atoms with E-state index in [1.807, 2.05) is 0 Å². The zero-order chi connectivity index (χ0) is 9.97. The predicted molar refractivity (Wildman–Crippen MR) is 59.9 cm³/mol. The van der Waals surface area contributed by atoms with Crippen LogP contribution in [-0.4, -0.2) is 12.0 Å². The summed E-state index contributed by atoms with van der Waals surface area (Å²) >= 11 is 1.76. The molecule has 0 aliphatic heterocycles. The Bertz CT molecular complexity index is 357. The smallest absolute Gasteiger partial charge is 0.137 e. The second kappa shape index (κ2) is 4.18. The minimum atomic E-state index is 0.389. The number of hydrogen-bond donors (Lipinski definition) is 0. The summed E-state index contributed by atoms with van der Waals surface area (Å²) in [6.45, 7) is 0. The number of thioether (sulfide) groups is 1. The van der Waals surface area contributed by atoms with E-state index in [2.05, 4.69) is 24.5 Å². The number of carbonyl (C=O) groups excluding carboxylic acids is 1. The molecule has 0 bridgehead atoms. The molecule has 0 saturated carbocycles. The quantitative estimate of drug-likeness (QED) is 0.519. The van der Waals surface area contributed by atoms with Crippen molar-refractivity contribution in [1.29, 1.82) is 0 Å². The van der Waals surface area contributed by atoms with Crippen molar-refractivity contribution >= 4 is 17.5 Å². The molecule has 0 unspecified atom stereocenters. The fourth-order valence-corrected chi connectivity index (χ4v) is 2.38. The fourth-order valence-electron chi connectivity index (χ4n) is 1.91. The zero-order valence-corrected chi connectivity index (χ0v) is 9.19. The largest absolute Gasteiger partial charge is 0.299 e. The van der Waals surface area contributed by atoms with Crippen LogP contribution in [0.1, 0.15) is 24.0 Å². The molecule has 0 spiro atoms. The molecular formula is C12H14OS. The third-order valence-electron chi connectivity index (χ3n) is 2.70. The molecule has 1 nitrogen and oxygen atoms in total. The van der Waals surface area contributed by atoms with E-state index >= 15 is 0 Å². The van der Waals surface area contributed by atoms with Gasteiger partial charge in [-0.3, -0.25) is 4.79 Å². The Balaban J connectivity index is 2.35. The number of ketones is 1. The van der Waals surface area contributed by atoms with Crippen molar-refractivity contribution in [3.8, 4) is 0 Å². The zero-order valence-electron chi connectivity index (χ0n) is 8.38. The molecule has 0 amide bonds. The van der Waals surface area contributed by atoms with Crippen LogP contribution < -0.4 is 0 Å². The average Bonchev–Trinajstić information content (AvgIpc) is 2.37. The van der Waals surface area contributed by atoms with Crippen LogP contribution in [0.3, 0.4) is 0 Å². The number of Topliss-reactive ketones (excluding diaryl/α,β-unsaturated/α-hetero) is 1. The highest BCUT2D eigenvalue weighted by molar-refractivity contribution is 7.98. The average molecular weight is 206 g/mol. The van der Waals surface area contributed by atoms with E-state index in [0.717, 1.165) is 19.3 Å². The Hall–Kier alpha value is -0.760. The maximum Gasteiger partial charge on any atom is 0.137 e. The lowest BCUT2D eigenvalue weighted by atomic mass is 10.0. The van der Waals surface area contributed by atoms with Gasteiger partial charge in [0.15, 0.2) is 0 Å². The van der Waals surface area contributed by atoms with Crippen molar-refractivity contribution in [2.45, 2.75) is 30.6 Å². The van der Waals surface area contributed by atoms with Crippen LogP contribution in [0.4, 0.5) is 0 Å². The third kappa shape index (κ3) is 2.01. The second-order valence-electron chi connectivity index (χ2n) is 3.70. The summed E-state index contributed by atoms with van der Waals surface area (Å²) in [6.07, 6.45) is 5.57. The topological polar surface area (TPSA) is 17.1 Å². The van der Waals surface area contributed by atoms with Crippen LogP contribution in [0.25, 0.3) is 0 Å². The van der Waals surface area contributed by atoms with E-state index in [1.54, 1.807) is 11.8 Å². The summed E-state index contributed by atoms with van der Waals surface area (Å²) < 4.78 is 0.